The maximum absolute atomic E-state index is 13.5. The summed E-state index contributed by atoms with van der Waals surface area (Å²) in [7, 11) is -3.04. The number of hydrogen-bond acceptors (Lipinski definition) is 5. The van der Waals surface area contributed by atoms with E-state index in [1.165, 1.54) is 11.3 Å². The zero-order valence-electron chi connectivity index (χ0n) is 13.1. The van der Waals surface area contributed by atoms with E-state index in [-0.39, 0.29) is 0 Å². The van der Waals surface area contributed by atoms with E-state index in [0.29, 0.717) is 16.6 Å². The fourth-order valence-corrected chi connectivity index (χ4v) is 5.04. The Bertz CT molecular complexity index is 911. The maximum atomic E-state index is 13.5. The molecule has 0 spiro atoms. The average Bonchev–Trinajstić information content (AvgIpc) is 3.15. The third kappa shape index (κ3) is 3.55. The largest absolute Gasteiger partial charge is 0.456 e. The van der Waals surface area contributed by atoms with Crippen molar-refractivity contribution in [3.63, 3.8) is 0 Å². The van der Waals surface area contributed by atoms with Gasteiger partial charge in [-0.3, -0.25) is 4.57 Å². The summed E-state index contributed by atoms with van der Waals surface area (Å²) < 4.78 is 19.5. The third-order valence-corrected chi connectivity index (χ3v) is 6.14. The van der Waals surface area contributed by atoms with Gasteiger partial charge in [-0.2, -0.15) is 0 Å². The standard InChI is InChI=1S/C18H14N3O2PS/c22-24(21-18-20-19-13-25-18)11-16(14-7-3-1-4-8-14)23-17(12-24)15-9-5-2-6-10-15/h1-13H,(H,20,21,22). The lowest BCUT2D eigenvalue weighted by molar-refractivity contribution is 0.469. The van der Waals surface area contributed by atoms with Crippen molar-refractivity contribution < 1.29 is 9.30 Å². The predicted molar refractivity (Wildman–Crippen MR) is 101 cm³/mol. The molecule has 25 heavy (non-hydrogen) atoms. The smallest absolute Gasteiger partial charge is 0.222 e. The number of nitrogens with zero attached hydrogens (tertiary/aromatic N) is 2. The summed E-state index contributed by atoms with van der Waals surface area (Å²) in [5.41, 5.74) is 3.32. The highest BCUT2D eigenvalue weighted by molar-refractivity contribution is 7.72. The van der Waals surface area contributed by atoms with Crippen molar-refractivity contribution >= 4 is 35.3 Å². The summed E-state index contributed by atoms with van der Waals surface area (Å²) in [4.78, 5) is 0. The predicted octanol–water partition coefficient (Wildman–Crippen LogP) is 5.26. The minimum Gasteiger partial charge on any atom is -0.456 e. The molecule has 1 aromatic heterocycles. The van der Waals surface area contributed by atoms with Gasteiger partial charge in [0.2, 0.25) is 12.4 Å². The number of anilines is 1. The lowest BCUT2D eigenvalue weighted by Crippen LogP contribution is -2.03. The molecule has 0 fully saturated rings. The van der Waals surface area contributed by atoms with Crippen LogP contribution in [0.1, 0.15) is 11.1 Å². The van der Waals surface area contributed by atoms with Gasteiger partial charge < -0.3 is 9.82 Å². The van der Waals surface area contributed by atoms with Crippen LogP contribution in [0.3, 0.4) is 0 Å². The Morgan fingerprint density at radius 2 is 1.44 bits per heavy atom. The molecule has 2 aromatic carbocycles. The summed E-state index contributed by atoms with van der Waals surface area (Å²) in [6, 6.07) is 19.2. The van der Waals surface area contributed by atoms with Crippen molar-refractivity contribution in [3.05, 3.63) is 88.9 Å². The molecule has 1 N–H and O–H groups in total. The van der Waals surface area contributed by atoms with E-state index in [4.69, 9.17) is 4.74 Å². The van der Waals surface area contributed by atoms with E-state index in [9.17, 15) is 4.57 Å². The minimum absolute atomic E-state index is 0.512. The van der Waals surface area contributed by atoms with Gasteiger partial charge in [-0.25, -0.2) is 0 Å². The van der Waals surface area contributed by atoms with Gasteiger partial charge in [-0.15, -0.1) is 10.2 Å². The second-order valence-corrected chi connectivity index (χ2v) is 8.38. The van der Waals surface area contributed by atoms with Crippen molar-refractivity contribution in [1.82, 2.24) is 10.2 Å². The Morgan fingerprint density at radius 1 is 0.880 bits per heavy atom. The molecule has 0 saturated heterocycles. The van der Waals surface area contributed by atoms with Crippen LogP contribution in [0.5, 0.6) is 0 Å². The fraction of sp³-hybridized carbons (Fsp3) is 0. The summed E-state index contributed by atoms with van der Waals surface area (Å²) in [6.07, 6.45) is 0. The second-order valence-electron chi connectivity index (χ2n) is 5.39. The molecule has 124 valence electrons. The van der Waals surface area contributed by atoms with Crippen LogP contribution in [0.4, 0.5) is 5.13 Å². The first-order valence-electron chi connectivity index (χ1n) is 7.60. The molecule has 2 heterocycles. The Kier molecular flexibility index (Phi) is 4.22. The molecular weight excluding hydrogens is 353 g/mol. The number of ether oxygens (including phenoxy) is 1. The van der Waals surface area contributed by atoms with Crippen LogP contribution in [0.25, 0.3) is 11.5 Å². The quantitative estimate of drug-likeness (QED) is 0.638. The lowest BCUT2D eigenvalue weighted by Gasteiger charge is -2.23. The molecule has 0 atom stereocenters. The van der Waals surface area contributed by atoms with Crippen LogP contribution in [0.2, 0.25) is 0 Å². The van der Waals surface area contributed by atoms with Crippen LogP contribution >= 0.6 is 18.6 Å². The number of hydrogen-bond donors (Lipinski definition) is 1. The molecule has 0 amide bonds. The maximum Gasteiger partial charge on any atom is 0.222 e. The average molecular weight is 367 g/mol. The van der Waals surface area contributed by atoms with Gasteiger partial charge in [0.15, 0.2) is 0 Å². The van der Waals surface area contributed by atoms with Gasteiger partial charge >= 0.3 is 0 Å². The van der Waals surface area contributed by atoms with Crippen LogP contribution in [-0.4, -0.2) is 10.2 Å². The van der Waals surface area contributed by atoms with E-state index in [2.05, 4.69) is 15.3 Å². The number of aromatic nitrogens is 2. The van der Waals surface area contributed by atoms with Crippen LogP contribution in [-0.2, 0) is 9.30 Å². The molecule has 4 rings (SSSR count). The highest BCUT2D eigenvalue weighted by Gasteiger charge is 2.27. The molecule has 1 aliphatic heterocycles. The van der Waals surface area contributed by atoms with Gasteiger partial charge in [0.05, 0.1) is 0 Å². The summed E-state index contributed by atoms with van der Waals surface area (Å²) >= 11 is 1.30. The molecule has 0 unspecified atom stereocenters. The molecular formula is C18H14N3O2PS. The van der Waals surface area contributed by atoms with Crippen LogP contribution in [0.15, 0.2) is 77.8 Å². The van der Waals surface area contributed by atoms with E-state index >= 15 is 0 Å². The van der Waals surface area contributed by atoms with Gasteiger partial charge in [-0.05, 0) is 0 Å². The molecule has 0 bridgehead atoms. The van der Waals surface area contributed by atoms with Gasteiger partial charge in [-0.1, -0.05) is 72.0 Å². The summed E-state index contributed by atoms with van der Waals surface area (Å²) in [5.74, 6) is 4.39. The van der Waals surface area contributed by atoms with Crippen molar-refractivity contribution in [3.8, 4) is 0 Å². The topological polar surface area (TPSA) is 64.1 Å². The lowest BCUT2D eigenvalue weighted by atomic mass is 10.2. The van der Waals surface area contributed by atoms with E-state index < -0.39 is 7.29 Å². The minimum atomic E-state index is -3.04. The first kappa shape index (κ1) is 15.8. The fourth-order valence-electron chi connectivity index (χ4n) is 2.46. The third-order valence-electron chi connectivity index (χ3n) is 3.59. The Labute approximate surface area is 149 Å². The molecule has 3 aromatic rings. The van der Waals surface area contributed by atoms with Crippen molar-refractivity contribution in [2.24, 2.45) is 0 Å². The van der Waals surface area contributed by atoms with Crippen molar-refractivity contribution in [2.75, 3.05) is 5.09 Å². The number of rotatable bonds is 4. The summed E-state index contributed by atoms with van der Waals surface area (Å²) in [6.45, 7) is 0. The normalized spacial score (nSPS) is 15.7. The number of nitrogens with one attached hydrogen (secondary N) is 1. The van der Waals surface area contributed by atoms with Gasteiger partial charge in [0.25, 0.3) is 0 Å². The second kappa shape index (κ2) is 6.67. The zero-order valence-corrected chi connectivity index (χ0v) is 14.8. The molecule has 7 heteroatoms. The Balaban J connectivity index is 1.78. The van der Waals surface area contributed by atoms with Crippen LogP contribution in [0, 0.1) is 0 Å². The first-order chi connectivity index (χ1) is 12.2. The highest BCUT2D eigenvalue weighted by atomic mass is 32.1. The highest BCUT2D eigenvalue weighted by Crippen LogP contribution is 2.56. The molecule has 1 aliphatic rings. The monoisotopic (exact) mass is 367 g/mol. The van der Waals surface area contributed by atoms with Crippen molar-refractivity contribution in [2.45, 2.75) is 0 Å². The van der Waals surface area contributed by atoms with E-state index in [1.54, 1.807) is 17.1 Å². The number of benzene rings is 2. The Hall–Kier alpha value is -2.69. The van der Waals surface area contributed by atoms with E-state index in [0.717, 1.165) is 11.1 Å². The van der Waals surface area contributed by atoms with Gasteiger partial charge in [0.1, 0.15) is 17.0 Å². The van der Waals surface area contributed by atoms with Gasteiger partial charge in [0, 0.05) is 22.8 Å². The first-order valence-corrected chi connectivity index (χ1v) is 10.3. The SMILES string of the molecule is O=P1(Nc2nncs2)C=C(c2ccccc2)OC(c2ccccc2)=C1. The molecule has 5 nitrogen and oxygen atoms in total. The van der Waals surface area contributed by atoms with E-state index in [1.807, 2.05) is 60.7 Å². The zero-order chi connectivity index (χ0) is 17.1. The molecule has 0 aliphatic carbocycles. The molecule has 0 saturated carbocycles. The molecule has 0 radical (unpaired) electrons. The summed E-state index contributed by atoms with van der Waals surface area (Å²) in [5, 5.41) is 11.2. The Morgan fingerprint density at radius 3 is 1.92 bits per heavy atom. The van der Waals surface area contributed by atoms with Crippen molar-refractivity contribution in [1.29, 1.82) is 0 Å². The van der Waals surface area contributed by atoms with Crippen LogP contribution < -0.4 is 5.09 Å².